The third-order valence-electron chi connectivity index (χ3n) is 4.57. The number of amides is 3. The van der Waals surface area contributed by atoms with Crippen LogP contribution >= 0.6 is 11.3 Å². The topological polar surface area (TPSA) is 70.2 Å². The number of hydrogen-bond acceptors (Lipinski definition) is 3. The molecule has 1 aromatic heterocycles. The zero-order chi connectivity index (χ0) is 17.5. The first-order valence-corrected chi connectivity index (χ1v) is 9.52. The lowest BCUT2D eigenvalue weighted by molar-refractivity contribution is -0.127. The molecule has 1 heterocycles. The molecule has 5 nitrogen and oxygen atoms in total. The summed E-state index contributed by atoms with van der Waals surface area (Å²) in [6, 6.07) is 11.4. The predicted molar refractivity (Wildman–Crippen MR) is 99.2 cm³/mol. The van der Waals surface area contributed by atoms with Gasteiger partial charge in [-0.05, 0) is 40.8 Å². The maximum atomic E-state index is 12.7. The average molecular weight is 357 g/mol. The van der Waals surface area contributed by atoms with Gasteiger partial charge in [0.15, 0.2) is 0 Å². The van der Waals surface area contributed by atoms with Crippen molar-refractivity contribution in [1.29, 1.82) is 0 Å². The molecule has 0 atom stereocenters. The minimum absolute atomic E-state index is 0.0916. The third-order valence-corrected chi connectivity index (χ3v) is 5.31. The highest BCUT2D eigenvalue weighted by Gasteiger charge is 2.42. The van der Waals surface area contributed by atoms with Gasteiger partial charge in [-0.1, -0.05) is 43.2 Å². The lowest BCUT2D eigenvalue weighted by atomic mass is 9.96. The summed E-state index contributed by atoms with van der Waals surface area (Å²) in [4.78, 5) is 25.0. The van der Waals surface area contributed by atoms with Crippen molar-refractivity contribution >= 4 is 23.3 Å². The molecule has 1 saturated carbocycles. The van der Waals surface area contributed by atoms with E-state index >= 15 is 0 Å². The molecule has 3 rings (SSSR count). The second kappa shape index (κ2) is 8.16. The number of benzene rings is 1. The van der Waals surface area contributed by atoms with Crippen LogP contribution < -0.4 is 16.0 Å². The van der Waals surface area contributed by atoms with Crippen LogP contribution in [0.1, 0.15) is 36.8 Å². The highest BCUT2D eigenvalue weighted by Crippen LogP contribution is 2.30. The molecule has 25 heavy (non-hydrogen) atoms. The van der Waals surface area contributed by atoms with Gasteiger partial charge in [-0.3, -0.25) is 4.79 Å². The van der Waals surface area contributed by atoms with E-state index in [9.17, 15) is 9.59 Å². The van der Waals surface area contributed by atoms with Crippen molar-refractivity contribution in [1.82, 2.24) is 16.0 Å². The predicted octanol–water partition coefficient (Wildman–Crippen LogP) is 3.18. The summed E-state index contributed by atoms with van der Waals surface area (Å²) in [7, 11) is 0. The van der Waals surface area contributed by atoms with Crippen LogP contribution in [-0.4, -0.2) is 17.5 Å². The Morgan fingerprint density at radius 3 is 2.36 bits per heavy atom. The summed E-state index contributed by atoms with van der Waals surface area (Å²) >= 11 is 1.61. The third kappa shape index (κ3) is 4.60. The number of carbonyl (C=O) groups is 2. The molecule has 6 heteroatoms. The summed E-state index contributed by atoms with van der Waals surface area (Å²) in [6.07, 6.45) is 3.26. The van der Waals surface area contributed by atoms with Crippen LogP contribution in [0.2, 0.25) is 0 Å². The number of rotatable bonds is 6. The standard InChI is InChI=1S/C19H23N3O2S/c23-17(20-13-16-8-11-25-14-16)19(9-4-5-10-19)22-18(24)21-12-15-6-2-1-3-7-15/h1-3,6-8,11,14H,4-5,9-10,12-13H2,(H,20,23)(H2,21,22,24). The quantitative estimate of drug-likeness (QED) is 0.743. The molecule has 0 spiro atoms. The molecule has 1 fully saturated rings. The van der Waals surface area contributed by atoms with Crippen LogP contribution in [0.3, 0.4) is 0 Å². The monoisotopic (exact) mass is 357 g/mol. The van der Waals surface area contributed by atoms with Crippen molar-refractivity contribution in [2.24, 2.45) is 0 Å². The van der Waals surface area contributed by atoms with Crippen molar-refractivity contribution in [3.05, 3.63) is 58.3 Å². The number of thiophene rings is 1. The normalized spacial score (nSPS) is 15.5. The molecular weight excluding hydrogens is 334 g/mol. The van der Waals surface area contributed by atoms with E-state index in [1.165, 1.54) is 0 Å². The fourth-order valence-electron chi connectivity index (χ4n) is 3.17. The zero-order valence-corrected chi connectivity index (χ0v) is 14.9. The summed E-state index contributed by atoms with van der Waals surface area (Å²) < 4.78 is 0. The maximum Gasteiger partial charge on any atom is 0.315 e. The molecule has 1 aliphatic rings. The summed E-state index contributed by atoms with van der Waals surface area (Å²) in [6.45, 7) is 0.941. The van der Waals surface area contributed by atoms with E-state index < -0.39 is 5.54 Å². The van der Waals surface area contributed by atoms with Gasteiger partial charge in [-0.25, -0.2) is 4.79 Å². The maximum absolute atomic E-state index is 12.7. The van der Waals surface area contributed by atoms with Crippen molar-refractivity contribution < 1.29 is 9.59 Å². The molecule has 1 aromatic carbocycles. The van der Waals surface area contributed by atoms with Crippen molar-refractivity contribution in [2.75, 3.05) is 0 Å². The van der Waals surface area contributed by atoms with Crippen molar-refractivity contribution in [3.8, 4) is 0 Å². The van der Waals surface area contributed by atoms with Gasteiger partial charge in [0.1, 0.15) is 5.54 Å². The zero-order valence-electron chi connectivity index (χ0n) is 14.1. The minimum atomic E-state index is -0.795. The van der Waals surface area contributed by atoms with E-state index in [1.807, 2.05) is 47.2 Å². The molecule has 0 aliphatic heterocycles. The van der Waals surface area contributed by atoms with Gasteiger partial charge in [0.25, 0.3) is 0 Å². The van der Waals surface area contributed by atoms with Gasteiger partial charge < -0.3 is 16.0 Å². The summed E-state index contributed by atoms with van der Waals surface area (Å²) in [5.74, 6) is -0.0916. The fourth-order valence-corrected chi connectivity index (χ4v) is 3.84. The Morgan fingerprint density at radius 2 is 1.68 bits per heavy atom. The van der Waals surface area contributed by atoms with Crippen LogP contribution in [0.15, 0.2) is 47.2 Å². The average Bonchev–Trinajstić information content (AvgIpc) is 3.31. The molecule has 3 N–H and O–H groups in total. The molecule has 0 bridgehead atoms. The molecule has 0 unspecified atom stereocenters. The van der Waals surface area contributed by atoms with Crippen LogP contribution in [0.5, 0.6) is 0 Å². The summed E-state index contributed by atoms with van der Waals surface area (Å²) in [5, 5.41) is 12.8. The second-order valence-electron chi connectivity index (χ2n) is 6.40. The SMILES string of the molecule is O=C(NCc1ccccc1)NC1(C(=O)NCc2ccsc2)CCCC1. The highest BCUT2D eigenvalue weighted by molar-refractivity contribution is 7.07. The largest absolute Gasteiger partial charge is 0.350 e. The molecule has 2 aromatic rings. The van der Waals surface area contributed by atoms with E-state index in [4.69, 9.17) is 0 Å². The smallest absolute Gasteiger partial charge is 0.315 e. The lowest BCUT2D eigenvalue weighted by Crippen LogP contribution is -2.59. The first-order chi connectivity index (χ1) is 12.2. The summed E-state index contributed by atoms with van der Waals surface area (Å²) in [5.41, 5.74) is 1.32. The van der Waals surface area contributed by atoms with E-state index in [2.05, 4.69) is 16.0 Å². The van der Waals surface area contributed by atoms with Gasteiger partial charge in [0, 0.05) is 13.1 Å². The number of urea groups is 1. The van der Waals surface area contributed by atoms with Crippen molar-refractivity contribution in [2.45, 2.75) is 44.3 Å². The van der Waals surface area contributed by atoms with E-state index in [-0.39, 0.29) is 11.9 Å². The first kappa shape index (κ1) is 17.5. The Kier molecular flexibility index (Phi) is 5.71. The number of nitrogens with one attached hydrogen (secondary N) is 3. The Labute approximate surface area is 151 Å². The molecule has 0 radical (unpaired) electrons. The van der Waals surface area contributed by atoms with E-state index in [0.717, 1.165) is 24.0 Å². The van der Waals surface area contributed by atoms with Gasteiger partial charge in [-0.2, -0.15) is 11.3 Å². The molecule has 3 amide bonds. The molecule has 1 aliphatic carbocycles. The number of carbonyl (C=O) groups excluding carboxylic acids is 2. The van der Waals surface area contributed by atoms with Gasteiger partial charge in [0.2, 0.25) is 5.91 Å². The Hall–Kier alpha value is -2.34. The van der Waals surface area contributed by atoms with Crippen LogP contribution in [0.4, 0.5) is 4.79 Å². The number of hydrogen-bond donors (Lipinski definition) is 3. The van der Waals surface area contributed by atoms with Crippen LogP contribution in [0.25, 0.3) is 0 Å². The Balaban J connectivity index is 1.55. The van der Waals surface area contributed by atoms with Gasteiger partial charge >= 0.3 is 6.03 Å². The van der Waals surface area contributed by atoms with Crippen molar-refractivity contribution in [3.63, 3.8) is 0 Å². The second-order valence-corrected chi connectivity index (χ2v) is 7.18. The van der Waals surface area contributed by atoms with E-state index in [0.29, 0.717) is 25.9 Å². The van der Waals surface area contributed by atoms with Gasteiger partial charge in [-0.15, -0.1) is 0 Å². The first-order valence-electron chi connectivity index (χ1n) is 8.57. The fraction of sp³-hybridized carbons (Fsp3) is 0.368. The van der Waals surface area contributed by atoms with Crippen LogP contribution in [-0.2, 0) is 17.9 Å². The molecule has 0 saturated heterocycles. The molecular formula is C19H23N3O2S. The molecule has 132 valence electrons. The van der Waals surface area contributed by atoms with Crippen LogP contribution in [0, 0.1) is 0 Å². The Bertz CT molecular complexity index is 695. The Morgan fingerprint density at radius 1 is 0.960 bits per heavy atom. The lowest BCUT2D eigenvalue weighted by Gasteiger charge is -2.29. The van der Waals surface area contributed by atoms with E-state index in [1.54, 1.807) is 11.3 Å². The highest BCUT2D eigenvalue weighted by atomic mass is 32.1. The minimum Gasteiger partial charge on any atom is -0.350 e. The van der Waals surface area contributed by atoms with Gasteiger partial charge in [0.05, 0.1) is 0 Å².